The number of hydrogen-bond donors (Lipinski definition) is 1. The molecule has 1 aromatic carbocycles. The van der Waals surface area contributed by atoms with Gasteiger partial charge in [0.15, 0.2) is 24.0 Å². The Balaban J connectivity index is 1.34. The van der Waals surface area contributed by atoms with E-state index in [1.807, 2.05) is 24.7 Å². The Kier molecular flexibility index (Phi) is 5.97. The molecule has 0 atom stereocenters. The molecule has 3 aromatic heterocycles. The highest BCUT2D eigenvalue weighted by Gasteiger charge is 2.13. The summed E-state index contributed by atoms with van der Waals surface area (Å²) in [4.78, 5) is 12.5. The van der Waals surface area contributed by atoms with E-state index in [9.17, 15) is 13.6 Å². The van der Waals surface area contributed by atoms with E-state index in [4.69, 9.17) is 4.74 Å². The number of nitrogens with zero attached hydrogens (tertiary/aromatic N) is 6. The van der Waals surface area contributed by atoms with Gasteiger partial charge in [0.2, 0.25) is 0 Å². The molecule has 32 heavy (non-hydrogen) atoms. The monoisotopic (exact) mass is 441 g/mol. The molecular weight excluding hydrogens is 420 g/mol. The first-order valence-electron chi connectivity index (χ1n) is 9.89. The van der Waals surface area contributed by atoms with Crippen LogP contribution in [0.3, 0.4) is 0 Å². The number of rotatable bonds is 8. The van der Waals surface area contributed by atoms with E-state index in [1.165, 1.54) is 23.0 Å². The van der Waals surface area contributed by atoms with Crippen LogP contribution in [-0.2, 0) is 19.8 Å². The number of benzene rings is 1. The second-order valence-electron chi connectivity index (χ2n) is 7.04. The van der Waals surface area contributed by atoms with Crippen molar-refractivity contribution in [3.05, 3.63) is 77.6 Å². The highest BCUT2D eigenvalue weighted by atomic mass is 19.1. The molecule has 3 heterocycles. The maximum atomic E-state index is 13.6. The van der Waals surface area contributed by atoms with Crippen molar-refractivity contribution in [2.75, 3.05) is 5.32 Å². The van der Waals surface area contributed by atoms with Crippen LogP contribution in [0.2, 0.25) is 0 Å². The highest BCUT2D eigenvalue weighted by Crippen LogP contribution is 2.18. The molecule has 4 rings (SSSR count). The molecule has 166 valence electrons. The van der Waals surface area contributed by atoms with Gasteiger partial charge >= 0.3 is 0 Å². The first kappa shape index (κ1) is 21.2. The highest BCUT2D eigenvalue weighted by molar-refractivity contribution is 6.02. The quantitative estimate of drug-likeness (QED) is 0.453. The van der Waals surface area contributed by atoms with Gasteiger partial charge in [0.25, 0.3) is 5.91 Å². The maximum absolute atomic E-state index is 13.6. The van der Waals surface area contributed by atoms with Crippen molar-refractivity contribution in [1.29, 1.82) is 0 Å². The summed E-state index contributed by atoms with van der Waals surface area (Å²) in [5.41, 5.74) is 2.79. The number of carbonyl (C=O) groups is 1. The first-order chi connectivity index (χ1) is 15.4. The van der Waals surface area contributed by atoms with Crippen LogP contribution in [-0.4, -0.2) is 35.2 Å². The lowest BCUT2D eigenvalue weighted by Crippen LogP contribution is -2.14. The summed E-state index contributed by atoms with van der Waals surface area (Å²) >= 11 is 0. The van der Waals surface area contributed by atoms with Gasteiger partial charge < -0.3 is 10.1 Å². The fourth-order valence-corrected chi connectivity index (χ4v) is 3.13. The van der Waals surface area contributed by atoms with Gasteiger partial charge in [-0.1, -0.05) is 0 Å². The minimum absolute atomic E-state index is 0.111. The SMILES string of the molecule is CCn1ncc(Cn2cc(NC(=O)c3ccn(COc4ccc(F)cc4F)n3)cn2)c1C. The van der Waals surface area contributed by atoms with E-state index in [1.54, 1.807) is 17.1 Å². The molecule has 0 unspecified atom stereocenters. The standard InChI is InChI=1S/C21H21F2N7O2/c1-3-30-14(2)15(9-25-30)11-29-12-17(10-24-29)26-21(31)19-6-7-28(27-19)13-32-20-5-4-16(22)8-18(20)23/h4-10,12H,3,11,13H2,1-2H3,(H,26,31). The van der Waals surface area contributed by atoms with Gasteiger partial charge in [-0.2, -0.15) is 15.3 Å². The van der Waals surface area contributed by atoms with Crippen LogP contribution in [0.4, 0.5) is 14.5 Å². The Hall–Kier alpha value is -4.02. The summed E-state index contributed by atoms with van der Waals surface area (Å²) in [7, 11) is 0. The van der Waals surface area contributed by atoms with Crippen LogP contribution < -0.4 is 10.1 Å². The molecule has 0 aliphatic heterocycles. The average molecular weight is 441 g/mol. The van der Waals surface area contributed by atoms with Crippen molar-refractivity contribution in [3.8, 4) is 5.75 Å². The Bertz CT molecular complexity index is 1240. The van der Waals surface area contributed by atoms with E-state index in [0.717, 1.165) is 29.9 Å². The van der Waals surface area contributed by atoms with Gasteiger partial charge in [-0.05, 0) is 32.0 Å². The summed E-state index contributed by atoms with van der Waals surface area (Å²) in [6.07, 6.45) is 6.60. The molecule has 1 amide bonds. The third-order valence-electron chi connectivity index (χ3n) is 4.85. The predicted molar refractivity (Wildman–Crippen MR) is 111 cm³/mol. The van der Waals surface area contributed by atoms with Gasteiger partial charge in [0, 0.05) is 36.3 Å². The van der Waals surface area contributed by atoms with E-state index >= 15 is 0 Å². The fourth-order valence-electron chi connectivity index (χ4n) is 3.13. The molecule has 1 N–H and O–H groups in total. The number of amides is 1. The number of ether oxygens (including phenoxy) is 1. The molecule has 11 heteroatoms. The lowest BCUT2D eigenvalue weighted by atomic mass is 10.2. The van der Waals surface area contributed by atoms with Crippen LogP contribution in [0.25, 0.3) is 0 Å². The van der Waals surface area contributed by atoms with Gasteiger partial charge in [-0.15, -0.1) is 0 Å². The average Bonchev–Trinajstić information content (AvgIpc) is 3.49. The zero-order chi connectivity index (χ0) is 22.7. The lowest BCUT2D eigenvalue weighted by molar-refractivity contribution is 0.102. The zero-order valence-corrected chi connectivity index (χ0v) is 17.5. The van der Waals surface area contributed by atoms with Crippen molar-refractivity contribution in [3.63, 3.8) is 0 Å². The number of nitrogens with one attached hydrogen (secondary N) is 1. The molecule has 0 saturated heterocycles. The molecule has 9 nitrogen and oxygen atoms in total. The number of hydrogen-bond acceptors (Lipinski definition) is 5. The topological polar surface area (TPSA) is 91.8 Å². The zero-order valence-electron chi connectivity index (χ0n) is 17.5. The van der Waals surface area contributed by atoms with Gasteiger partial charge in [0.1, 0.15) is 5.82 Å². The lowest BCUT2D eigenvalue weighted by Gasteiger charge is -2.07. The summed E-state index contributed by atoms with van der Waals surface area (Å²) in [6, 6.07) is 4.52. The molecule has 0 saturated carbocycles. The van der Waals surface area contributed by atoms with Crippen LogP contribution in [0.5, 0.6) is 5.75 Å². The number of carbonyl (C=O) groups excluding carboxylic acids is 1. The summed E-state index contributed by atoms with van der Waals surface area (Å²) in [5.74, 6) is -2.04. The minimum Gasteiger partial charge on any atom is -0.468 e. The third kappa shape index (κ3) is 4.66. The summed E-state index contributed by atoms with van der Waals surface area (Å²) in [5, 5.41) is 15.4. The number of aryl methyl sites for hydroxylation is 1. The normalized spacial score (nSPS) is 11.0. The van der Waals surface area contributed by atoms with E-state index in [-0.39, 0.29) is 18.2 Å². The molecule has 0 fully saturated rings. The molecule has 0 aliphatic rings. The Morgan fingerprint density at radius 2 is 2.00 bits per heavy atom. The molecule has 0 radical (unpaired) electrons. The van der Waals surface area contributed by atoms with Gasteiger partial charge in [-0.3, -0.25) is 14.2 Å². The fraction of sp³-hybridized carbons (Fsp3) is 0.238. The molecule has 0 aliphatic carbocycles. The van der Waals surface area contributed by atoms with Crippen molar-refractivity contribution < 1.29 is 18.3 Å². The molecular formula is C21H21F2N7O2. The van der Waals surface area contributed by atoms with Crippen molar-refractivity contribution in [2.24, 2.45) is 0 Å². The summed E-state index contributed by atoms with van der Waals surface area (Å²) in [6.45, 7) is 5.22. The van der Waals surface area contributed by atoms with E-state index < -0.39 is 17.5 Å². The second kappa shape index (κ2) is 9.00. The van der Waals surface area contributed by atoms with Crippen LogP contribution >= 0.6 is 0 Å². The van der Waals surface area contributed by atoms with Gasteiger partial charge in [-0.25, -0.2) is 13.5 Å². The smallest absolute Gasteiger partial charge is 0.276 e. The van der Waals surface area contributed by atoms with E-state index in [0.29, 0.717) is 12.2 Å². The largest absolute Gasteiger partial charge is 0.468 e. The van der Waals surface area contributed by atoms with Crippen LogP contribution in [0.1, 0.15) is 28.7 Å². The van der Waals surface area contributed by atoms with Crippen molar-refractivity contribution >= 4 is 11.6 Å². The maximum Gasteiger partial charge on any atom is 0.276 e. The Labute approximate surface area is 182 Å². The second-order valence-corrected chi connectivity index (χ2v) is 7.04. The van der Waals surface area contributed by atoms with Crippen LogP contribution in [0.15, 0.2) is 49.1 Å². The minimum atomic E-state index is -0.815. The van der Waals surface area contributed by atoms with Crippen molar-refractivity contribution in [2.45, 2.75) is 33.7 Å². The third-order valence-corrected chi connectivity index (χ3v) is 4.85. The van der Waals surface area contributed by atoms with Crippen molar-refractivity contribution in [1.82, 2.24) is 29.3 Å². The number of halogens is 2. The van der Waals surface area contributed by atoms with Crippen LogP contribution in [0, 0.1) is 18.6 Å². The van der Waals surface area contributed by atoms with Gasteiger partial charge in [0.05, 0.1) is 24.6 Å². The molecule has 4 aromatic rings. The first-order valence-corrected chi connectivity index (χ1v) is 9.89. The molecule has 0 spiro atoms. The Morgan fingerprint density at radius 3 is 2.75 bits per heavy atom. The van der Waals surface area contributed by atoms with E-state index in [2.05, 4.69) is 20.6 Å². The number of aromatic nitrogens is 6. The molecule has 0 bridgehead atoms. The summed E-state index contributed by atoms with van der Waals surface area (Å²) < 4.78 is 36.8. The Morgan fingerprint density at radius 1 is 1.16 bits per heavy atom. The predicted octanol–water partition coefficient (Wildman–Crippen LogP) is 3.22. The number of anilines is 1.